The number of aliphatic carboxylic acids is 1. The minimum atomic E-state index is -1.02. The summed E-state index contributed by atoms with van der Waals surface area (Å²) in [6.45, 7) is 5.66. The molecule has 1 aromatic heterocycles. The van der Waals surface area contributed by atoms with Gasteiger partial charge in [0.2, 0.25) is 5.91 Å². The second kappa shape index (κ2) is 13.0. The summed E-state index contributed by atoms with van der Waals surface area (Å²) in [6, 6.07) is 27.4. The minimum absolute atomic E-state index is 0.0822. The summed E-state index contributed by atoms with van der Waals surface area (Å²) in [4.78, 5) is 28.7. The third-order valence-corrected chi connectivity index (χ3v) is 6.82. The average molecular weight is 523 g/mol. The molecule has 3 aromatic carbocycles. The normalized spacial score (nSPS) is 12.5. The standard InChI is InChI=1S/C33H34N2O4/c1-22-11-16-29(23(2)18-22)33(27-8-5-4-6-9-27)35-31(36)19-25-12-14-26(15-13-25)30(39-21-32(37)38)20-28-10-7-17-34-24(28)3/h4-18,30,33H,19-21H2,1-3H3,(H,35,36)(H,37,38). The number of hydrogen-bond acceptors (Lipinski definition) is 4. The van der Waals surface area contributed by atoms with Crippen LogP contribution >= 0.6 is 0 Å². The van der Waals surface area contributed by atoms with Gasteiger partial charge >= 0.3 is 5.97 Å². The Bertz CT molecular complexity index is 1420. The van der Waals surface area contributed by atoms with Crippen LogP contribution in [0.4, 0.5) is 0 Å². The van der Waals surface area contributed by atoms with Crippen molar-refractivity contribution in [2.24, 2.45) is 0 Å². The van der Waals surface area contributed by atoms with Gasteiger partial charge in [0.1, 0.15) is 6.61 Å². The number of carboxylic acids is 1. The summed E-state index contributed by atoms with van der Waals surface area (Å²) in [5.41, 5.74) is 7.99. The quantitative estimate of drug-likeness (QED) is 0.258. The molecule has 6 nitrogen and oxygen atoms in total. The number of pyridine rings is 1. The minimum Gasteiger partial charge on any atom is -0.480 e. The second-order valence-electron chi connectivity index (χ2n) is 9.84. The van der Waals surface area contributed by atoms with Crippen LogP contribution in [0.25, 0.3) is 0 Å². The monoisotopic (exact) mass is 522 g/mol. The lowest BCUT2D eigenvalue weighted by atomic mass is 9.93. The van der Waals surface area contributed by atoms with Crippen molar-refractivity contribution in [2.45, 2.75) is 45.8 Å². The van der Waals surface area contributed by atoms with Gasteiger partial charge in [0, 0.05) is 18.3 Å². The van der Waals surface area contributed by atoms with Crippen LogP contribution in [0.1, 0.15) is 56.8 Å². The maximum absolute atomic E-state index is 13.2. The van der Waals surface area contributed by atoms with E-state index in [-0.39, 0.29) is 18.4 Å². The van der Waals surface area contributed by atoms with Crippen LogP contribution in [0.5, 0.6) is 0 Å². The smallest absolute Gasteiger partial charge is 0.329 e. The molecule has 4 aromatic rings. The lowest BCUT2D eigenvalue weighted by Crippen LogP contribution is -2.31. The van der Waals surface area contributed by atoms with E-state index < -0.39 is 18.7 Å². The third kappa shape index (κ3) is 7.62. The molecule has 2 N–H and O–H groups in total. The van der Waals surface area contributed by atoms with Gasteiger partial charge in [-0.15, -0.1) is 0 Å². The fourth-order valence-electron chi connectivity index (χ4n) is 4.76. The van der Waals surface area contributed by atoms with Gasteiger partial charge in [-0.25, -0.2) is 4.79 Å². The van der Waals surface area contributed by atoms with Crippen LogP contribution in [-0.4, -0.2) is 28.6 Å². The first kappa shape index (κ1) is 27.7. The Labute approximate surface area is 229 Å². The maximum Gasteiger partial charge on any atom is 0.329 e. The lowest BCUT2D eigenvalue weighted by molar-refractivity contribution is -0.144. The summed E-state index contributed by atoms with van der Waals surface area (Å²) in [5, 5.41) is 12.4. The van der Waals surface area contributed by atoms with Crippen molar-refractivity contribution in [1.29, 1.82) is 0 Å². The van der Waals surface area contributed by atoms with Crippen LogP contribution in [0.2, 0.25) is 0 Å². The van der Waals surface area contributed by atoms with Crippen molar-refractivity contribution in [2.75, 3.05) is 6.61 Å². The van der Waals surface area contributed by atoms with E-state index in [1.807, 2.05) is 73.7 Å². The van der Waals surface area contributed by atoms with Gasteiger partial charge in [-0.2, -0.15) is 0 Å². The Morgan fingerprint density at radius 2 is 1.64 bits per heavy atom. The predicted octanol–water partition coefficient (Wildman–Crippen LogP) is 5.84. The highest BCUT2D eigenvalue weighted by Gasteiger charge is 2.20. The zero-order valence-electron chi connectivity index (χ0n) is 22.6. The molecule has 0 saturated carbocycles. The zero-order valence-corrected chi connectivity index (χ0v) is 22.6. The highest BCUT2D eigenvalue weighted by atomic mass is 16.5. The predicted molar refractivity (Wildman–Crippen MR) is 151 cm³/mol. The number of nitrogens with zero attached hydrogens (tertiary/aromatic N) is 1. The van der Waals surface area contributed by atoms with Gasteiger partial charge < -0.3 is 15.2 Å². The highest BCUT2D eigenvalue weighted by molar-refractivity contribution is 5.79. The summed E-state index contributed by atoms with van der Waals surface area (Å²) >= 11 is 0. The molecule has 0 fully saturated rings. The van der Waals surface area contributed by atoms with E-state index in [4.69, 9.17) is 9.84 Å². The molecule has 0 aliphatic rings. The Balaban J connectivity index is 1.49. The first-order chi connectivity index (χ1) is 18.8. The van der Waals surface area contributed by atoms with Crippen LogP contribution < -0.4 is 5.32 Å². The molecule has 200 valence electrons. The number of hydrogen-bond donors (Lipinski definition) is 2. The molecular weight excluding hydrogens is 488 g/mol. The molecule has 0 aliphatic heterocycles. The van der Waals surface area contributed by atoms with Crippen molar-refractivity contribution in [1.82, 2.24) is 10.3 Å². The topological polar surface area (TPSA) is 88.5 Å². The molecule has 6 heteroatoms. The summed E-state index contributed by atoms with van der Waals surface area (Å²) in [5.74, 6) is -1.10. The van der Waals surface area contributed by atoms with Crippen molar-refractivity contribution in [3.05, 3.63) is 136 Å². The Kier molecular flexibility index (Phi) is 9.23. The molecule has 0 aliphatic carbocycles. The van der Waals surface area contributed by atoms with Gasteiger partial charge in [0.05, 0.1) is 18.6 Å². The fourth-order valence-corrected chi connectivity index (χ4v) is 4.76. The molecule has 1 amide bonds. The SMILES string of the molecule is Cc1ccc(C(NC(=O)Cc2ccc(C(Cc3cccnc3C)OCC(=O)O)cc2)c2ccccc2)c(C)c1. The van der Waals surface area contributed by atoms with E-state index in [9.17, 15) is 9.59 Å². The number of carbonyl (C=O) groups excluding carboxylic acids is 1. The van der Waals surface area contributed by atoms with Crippen LogP contribution in [0.15, 0.2) is 91.1 Å². The first-order valence-electron chi connectivity index (χ1n) is 13.0. The first-order valence-corrected chi connectivity index (χ1v) is 13.0. The molecule has 1 heterocycles. The lowest BCUT2D eigenvalue weighted by Gasteiger charge is -2.22. The number of aryl methyl sites for hydroxylation is 3. The van der Waals surface area contributed by atoms with E-state index >= 15 is 0 Å². The molecule has 2 unspecified atom stereocenters. The average Bonchev–Trinajstić information content (AvgIpc) is 2.92. The molecule has 0 radical (unpaired) electrons. The zero-order chi connectivity index (χ0) is 27.8. The number of amides is 1. The summed E-state index contributed by atoms with van der Waals surface area (Å²) in [7, 11) is 0. The van der Waals surface area contributed by atoms with Crippen molar-refractivity contribution in [3.8, 4) is 0 Å². The maximum atomic E-state index is 13.2. The van der Waals surface area contributed by atoms with E-state index in [0.717, 1.165) is 39.1 Å². The van der Waals surface area contributed by atoms with Crippen LogP contribution in [-0.2, 0) is 27.2 Å². The third-order valence-electron chi connectivity index (χ3n) is 6.82. The number of carboxylic acid groups (broad SMARTS) is 1. The van der Waals surface area contributed by atoms with E-state index in [0.29, 0.717) is 6.42 Å². The van der Waals surface area contributed by atoms with Crippen LogP contribution in [0, 0.1) is 20.8 Å². The number of aromatic nitrogens is 1. The number of benzene rings is 3. The van der Waals surface area contributed by atoms with E-state index in [1.165, 1.54) is 5.56 Å². The Hall–Kier alpha value is -4.29. The van der Waals surface area contributed by atoms with Gasteiger partial charge in [0.15, 0.2) is 0 Å². The fraction of sp³-hybridized carbons (Fsp3) is 0.242. The van der Waals surface area contributed by atoms with Gasteiger partial charge in [0.25, 0.3) is 0 Å². The van der Waals surface area contributed by atoms with Gasteiger partial charge in [-0.1, -0.05) is 84.4 Å². The van der Waals surface area contributed by atoms with Gasteiger partial charge in [-0.05, 0) is 60.2 Å². The summed E-state index contributed by atoms with van der Waals surface area (Å²) in [6.07, 6.45) is 2.01. The number of nitrogens with one attached hydrogen (secondary N) is 1. The van der Waals surface area contributed by atoms with Crippen LogP contribution in [0.3, 0.4) is 0 Å². The number of rotatable bonds is 11. The largest absolute Gasteiger partial charge is 0.480 e. The molecule has 0 saturated heterocycles. The molecule has 2 atom stereocenters. The number of ether oxygens (including phenoxy) is 1. The summed E-state index contributed by atoms with van der Waals surface area (Å²) < 4.78 is 5.73. The second-order valence-corrected chi connectivity index (χ2v) is 9.84. The van der Waals surface area contributed by atoms with Crippen molar-refractivity contribution >= 4 is 11.9 Å². The van der Waals surface area contributed by atoms with Crippen molar-refractivity contribution < 1.29 is 19.4 Å². The molecule has 0 spiro atoms. The number of carbonyl (C=O) groups is 2. The molecular formula is C33H34N2O4. The van der Waals surface area contributed by atoms with Gasteiger partial charge in [-0.3, -0.25) is 9.78 Å². The molecule has 0 bridgehead atoms. The van der Waals surface area contributed by atoms with Crippen molar-refractivity contribution in [3.63, 3.8) is 0 Å². The van der Waals surface area contributed by atoms with E-state index in [1.54, 1.807) is 6.20 Å². The Morgan fingerprint density at radius 1 is 0.897 bits per heavy atom. The molecule has 39 heavy (non-hydrogen) atoms. The van der Waals surface area contributed by atoms with E-state index in [2.05, 4.69) is 42.3 Å². The highest BCUT2D eigenvalue weighted by Crippen LogP contribution is 2.27. The molecule has 4 rings (SSSR count). The Morgan fingerprint density at radius 3 is 2.31 bits per heavy atom.